The highest BCUT2D eigenvalue weighted by Gasteiger charge is 2.22. The van der Waals surface area contributed by atoms with E-state index in [1.807, 2.05) is 68.4 Å². The molecular formula is C28H37N5O2. The Balaban J connectivity index is 1.91. The maximum atomic E-state index is 13.3. The number of urea groups is 1. The number of carbonyl (C=O) groups is 2. The minimum Gasteiger partial charge on any atom is -0.338 e. The first-order valence-corrected chi connectivity index (χ1v) is 12.5. The summed E-state index contributed by atoms with van der Waals surface area (Å²) in [7, 11) is 0. The number of unbranched alkanes of at least 4 members (excludes halogenated alkanes) is 2. The van der Waals surface area contributed by atoms with Gasteiger partial charge in [0.2, 0.25) is 5.91 Å². The Morgan fingerprint density at radius 3 is 2.29 bits per heavy atom. The second-order valence-electron chi connectivity index (χ2n) is 8.83. The van der Waals surface area contributed by atoms with Gasteiger partial charge in [-0.3, -0.25) is 4.79 Å². The van der Waals surface area contributed by atoms with Crippen molar-refractivity contribution >= 4 is 17.8 Å². The Labute approximate surface area is 208 Å². The second kappa shape index (κ2) is 12.7. The second-order valence-corrected chi connectivity index (χ2v) is 8.83. The Hall–Kier alpha value is -3.61. The summed E-state index contributed by atoms with van der Waals surface area (Å²) in [5.41, 5.74) is 4.65. The molecule has 2 N–H and O–H groups in total. The number of hydrogen-bond acceptors (Lipinski definition) is 3. The van der Waals surface area contributed by atoms with Gasteiger partial charge in [0.1, 0.15) is 12.4 Å². The van der Waals surface area contributed by atoms with Gasteiger partial charge in [0.15, 0.2) is 0 Å². The highest BCUT2D eigenvalue weighted by atomic mass is 16.2. The molecule has 1 heterocycles. The third-order valence-electron chi connectivity index (χ3n) is 5.87. The summed E-state index contributed by atoms with van der Waals surface area (Å²) < 4.78 is 1.77. The van der Waals surface area contributed by atoms with Crippen LogP contribution in [0, 0.1) is 13.8 Å². The van der Waals surface area contributed by atoms with Crippen molar-refractivity contribution in [2.45, 2.75) is 53.4 Å². The van der Waals surface area contributed by atoms with E-state index in [0.717, 1.165) is 53.8 Å². The molecule has 0 fully saturated rings. The van der Waals surface area contributed by atoms with Crippen LogP contribution < -0.4 is 10.6 Å². The number of anilines is 1. The van der Waals surface area contributed by atoms with E-state index in [0.29, 0.717) is 18.9 Å². The molecule has 3 rings (SSSR count). The van der Waals surface area contributed by atoms with Gasteiger partial charge in [0, 0.05) is 18.7 Å². The fraction of sp³-hybridized carbons (Fsp3) is 0.393. The smallest absolute Gasteiger partial charge is 0.317 e. The van der Waals surface area contributed by atoms with Crippen LogP contribution in [0.2, 0.25) is 0 Å². The number of nitrogens with one attached hydrogen (secondary N) is 2. The molecule has 0 saturated heterocycles. The highest BCUT2D eigenvalue weighted by molar-refractivity contribution is 5.97. The number of carbonyl (C=O) groups excluding carboxylic acids is 2. The lowest BCUT2D eigenvalue weighted by Crippen LogP contribution is -2.44. The van der Waals surface area contributed by atoms with E-state index in [1.165, 1.54) is 0 Å². The number of hydrogen-bond donors (Lipinski definition) is 2. The van der Waals surface area contributed by atoms with Crippen LogP contribution in [0.4, 0.5) is 10.6 Å². The Bertz CT molecular complexity index is 1110. The molecule has 1 aromatic heterocycles. The molecular weight excluding hydrogens is 438 g/mol. The fourth-order valence-electron chi connectivity index (χ4n) is 3.90. The summed E-state index contributed by atoms with van der Waals surface area (Å²) in [6, 6.07) is 17.7. The summed E-state index contributed by atoms with van der Waals surface area (Å²) in [5, 5.41) is 10.8. The van der Waals surface area contributed by atoms with Gasteiger partial charge in [-0.15, -0.1) is 0 Å². The zero-order valence-corrected chi connectivity index (χ0v) is 21.3. The number of aromatic nitrogens is 2. The van der Waals surface area contributed by atoms with Crippen LogP contribution in [0.1, 0.15) is 50.8 Å². The molecule has 0 radical (unpaired) electrons. The van der Waals surface area contributed by atoms with Crippen molar-refractivity contribution in [2.24, 2.45) is 0 Å². The topological polar surface area (TPSA) is 79.3 Å². The molecule has 7 nitrogen and oxygen atoms in total. The summed E-state index contributed by atoms with van der Waals surface area (Å²) >= 11 is 0. The first kappa shape index (κ1) is 26.0. The van der Waals surface area contributed by atoms with Gasteiger partial charge >= 0.3 is 6.03 Å². The van der Waals surface area contributed by atoms with Crippen LogP contribution in [-0.2, 0) is 4.79 Å². The molecule has 7 heteroatoms. The zero-order chi connectivity index (χ0) is 25.2. The molecule has 0 aliphatic heterocycles. The van der Waals surface area contributed by atoms with E-state index in [4.69, 9.17) is 5.10 Å². The van der Waals surface area contributed by atoms with E-state index < -0.39 is 0 Å². The monoisotopic (exact) mass is 475 g/mol. The van der Waals surface area contributed by atoms with E-state index in [-0.39, 0.29) is 18.5 Å². The summed E-state index contributed by atoms with van der Waals surface area (Å²) in [4.78, 5) is 27.6. The summed E-state index contributed by atoms with van der Waals surface area (Å²) in [6.45, 7) is 9.25. The molecule has 0 spiro atoms. The van der Waals surface area contributed by atoms with E-state index in [9.17, 15) is 9.59 Å². The van der Waals surface area contributed by atoms with Crippen molar-refractivity contribution in [2.75, 3.05) is 25.0 Å². The maximum absolute atomic E-state index is 13.3. The minimum absolute atomic E-state index is 0.0235. The van der Waals surface area contributed by atoms with Crippen molar-refractivity contribution in [1.82, 2.24) is 20.0 Å². The molecule has 2 aromatic carbocycles. The average molecular weight is 476 g/mol. The van der Waals surface area contributed by atoms with Gasteiger partial charge in [0.25, 0.3) is 0 Å². The lowest BCUT2D eigenvalue weighted by molar-refractivity contribution is -0.116. The number of nitrogens with zero attached hydrogens (tertiary/aromatic N) is 3. The van der Waals surface area contributed by atoms with E-state index in [2.05, 4.69) is 24.5 Å². The molecule has 3 aromatic rings. The SMILES string of the molecule is CCCCNC(=O)N(CCCC)CC(=O)Nc1c(-c2ccccc2)c(C)nn1-c1ccc(C)cc1. The number of amides is 3. The van der Waals surface area contributed by atoms with Crippen LogP contribution >= 0.6 is 0 Å². The number of rotatable bonds is 11. The Morgan fingerprint density at radius 1 is 0.943 bits per heavy atom. The quantitative estimate of drug-likeness (QED) is 0.349. The molecule has 0 bridgehead atoms. The minimum atomic E-state index is -0.253. The van der Waals surface area contributed by atoms with E-state index >= 15 is 0 Å². The molecule has 0 atom stereocenters. The van der Waals surface area contributed by atoms with Crippen molar-refractivity contribution in [3.8, 4) is 16.8 Å². The molecule has 0 aliphatic carbocycles. The molecule has 35 heavy (non-hydrogen) atoms. The maximum Gasteiger partial charge on any atom is 0.317 e. The van der Waals surface area contributed by atoms with Crippen LogP contribution in [0.5, 0.6) is 0 Å². The first-order valence-electron chi connectivity index (χ1n) is 12.5. The van der Waals surface area contributed by atoms with Crippen LogP contribution in [0.25, 0.3) is 16.8 Å². The van der Waals surface area contributed by atoms with Crippen molar-refractivity contribution in [1.29, 1.82) is 0 Å². The predicted octanol–water partition coefficient (Wildman–Crippen LogP) is 5.71. The normalized spacial score (nSPS) is 10.7. The van der Waals surface area contributed by atoms with Gasteiger partial charge in [-0.05, 0) is 44.4 Å². The summed E-state index contributed by atoms with van der Waals surface area (Å²) in [6.07, 6.45) is 3.69. The predicted molar refractivity (Wildman–Crippen MR) is 142 cm³/mol. The molecule has 0 unspecified atom stereocenters. The Kier molecular flexibility index (Phi) is 9.47. The van der Waals surface area contributed by atoms with E-state index in [1.54, 1.807) is 9.58 Å². The fourth-order valence-corrected chi connectivity index (χ4v) is 3.90. The highest BCUT2D eigenvalue weighted by Crippen LogP contribution is 2.33. The lowest BCUT2D eigenvalue weighted by Gasteiger charge is -2.23. The van der Waals surface area contributed by atoms with Crippen molar-refractivity contribution in [3.63, 3.8) is 0 Å². The first-order chi connectivity index (χ1) is 16.9. The number of aryl methyl sites for hydroxylation is 2. The van der Waals surface area contributed by atoms with Crippen molar-refractivity contribution in [3.05, 3.63) is 65.9 Å². The third-order valence-corrected chi connectivity index (χ3v) is 5.87. The molecule has 0 aliphatic rings. The van der Waals surface area contributed by atoms with Gasteiger partial charge < -0.3 is 15.5 Å². The molecule has 3 amide bonds. The van der Waals surface area contributed by atoms with Crippen LogP contribution in [0.3, 0.4) is 0 Å². The van der Waals surface area contributed by atoms with Gasteiger partial charge in [-0.1, -0.05) is 74.7 Å². The third kappa shape index (κ3) is 6.94. The van der Waals surface area contributed by atoms with Gasteiger partial charge in [-0.2, -0.15) is 5.10 Å². The zero-order valence-electron chi connectivity index (χ0n) is 21.3. The largest absolute Gasteiger partial charge is 0.338 e. The molecule has 186 valence electrons. The lowest BCUT2D eigenvalue weighted by atomic mass is 10.1. The summed E-state index contributed by atoms with van der Waals surface area (Å²) in [5.74, 6) is 0.349. The van der Waals surface area contributed by atoms with Gasteiger partial charge in [-0.25, -0.2) is 9.48 Å². The van der Waals surface area contributed by atoms with Gasteiger partial charge in [0.05, 0.1) is 11.4 Å². The van der Waals surface area contributed by atoms with Crippen LogP contribution in [-0.4, -0.2) is 46.3 Å². The van der Waals surface area contributed by atoms with Crippen molar-refractivity contribution < 1.29 is 9.59 Å². The average Bonchev–Trinajstić information content (AvgIpc) is 3.18. The Morgan fingerprint density at radius 2 is 1.63 bits per heavy atom. The number of benzene rings is 2. The molecule has 0 saturated carbocycles. The standard InChI is InChI=1S/C28H37N5O2/c1-5-7-18-29-28(35)32(19-8-6-2)20-25(34)30-27-26(23-12-10-9-11-13-23)22(4)31-33(27)24-16-14-21(3)15-17-24/h9-17H,5-8,18-20H2,1-4H3,(H,29,35)(H,30,34). The van der Waals surface area contributed by atoms with Crippen LogP contribution in [0.15, 0.2) is 54.6 Å².